The number of aryl methyl sites for hydroxylation is 1. The Morgan fingerprint density at radius 3 is 2.73 bits per heavy atom. The fraction of sp³-hybridized carbons (Fsp3) is 0.333. The van der Waals surface area contributed by atoms with Crippen LogP contribution in [0.2, 0.25) is 0 Å². The maximum absolute atomic E-state index is 13.4. The first kappa shape index (κ1) is 16.8. The smallest absolute Gasteiger partial charge is 0.225 e. The van der Waals surface area contributed by atoms with E-state index in [2.05, 4.69) is 22.5 Å². The number of para-hydroxylation sites is 1. The number of rotatable bonds is 6. The van der Waals surface area contributed by atoms with Crippen LogP contribution in [0.5, 0.6) is 0 Å². The van der Waals surface area contributed by atoms with Gasteiger partial charge in [-0.2, -0.15) is 4.98 Å². The maximum Gasteiger partial charge on any atom is 0.225 e. The van der Waals surface area contributed by atoms with Gasteiger partial charge in [0.25, 0.3) is 0 Å². The summed E-state index contributed by atoms with van der Waals surface area (Å²) in [7, 11) is 0. The summed E-state index contributed by atoms with van der Waals surface area (Å²) in [4.78, 5) is 9.32. The highest BCUT2D eigenvalue weighted by atomic mass is 19.1. The maximum atomic E-state index is 13.4. The van der Waals surface area contributed by atoms with Gasteiger partial charge in [-0.05, 0) is 61.9 Å². The summed E-state index contributed by atoms with van der Waals surface area (Å²) in [5, 5.41) is 7.87. The molecule has 0 aliphatic heterocycles. The Labute approximate surface area is 152 Å². The number of nitrogens with one attached hydrogen (secondary N) is 2. The molecule has 134 valence electrons. The Morgan fingerprint density at radius 1 is 1.15 bits per heavy atom. The molecule has 1 aliphatic rings. The van der Waals surface area contributed by atoms with Gasteiger partial charge in [-0.15, -0.1) is 0 Å². The van der Waals surface area contributed by atoms with Gasteiger partial charge in [0, 0.05) is 18.0 Å². The van der Waals surface area contributed by atoms with E-state index in [-0.39, 0.29) is 5.82 Å². The van der Waals surface area contributed by atoms with Crippen LogP contribution in [0.3, 0.4) is 0 Å². The van der Waals surface area contributed by atoms with E-state index in [1.807, 2.05) is 30.3 Å². The van der Waals surface area contributed by atoms with Crippen molar-refractivity contribution >= 4 is 22.7 Å². The first-order valence-electron chi connectivity index (χ1n) is 9.12. The molecule has 0 saturated heterocycles. The molecule has 2 aromatic carbocycles. The van der Waals surface area contributed by atoms with Crippen LogP contribution in [0.15, 0.2) is 42.5 Å². The van der Waals surface area contributed by atoms with Gasteiger partial charge in [-0.25, -0.2) is 9.37 Å². The average molecular weight is 350 g/mol. The standard InChI is InChI=1S/C21H23FN4/c1-13-11-15(7-10-18(13)22)12-23-21-25-19-6-4-3-5-17(19)20(26-21)24-14(2)16-8-9-16/h3-7,10-11,14,16H,8-9,12H2,1-2H3,(H2,23,24,25,26)/t14-/m1/s1. The number of halogens is 1. The lowest BCUT2D eigenvalue weighted by molar-refractivity contribution is 0.617. The van der Waals surface area contributed by atoms with E-state index < -0.39 is 0 Å². The van der Waals surface area contributed by atoms with Gasteiger partial charge in [0.05, 0.1) is 5.52 Å². The fourth-order valence-electron chi connectivity index (χ4n) is 3.19. The van der Waals surface area contributed by atoms with Crippen LogP contribution in [0.25, 0.3) is 10.9 Å². The van der Waals surface area contributed by atoms with Crippen molar-refractivity contribution < 1.29 is 4.39 Å². The molecule has 1 aliphatic carbocycles. The SMILES string of the molecule is Cc1cc(CNc2nc(N[C@H](C)C3CC3)c3ccccc3n2)ccc1F. The zero-order chi connectivity index (χ0) is 18.1. The quantitative estimate of drug-likeness (QED) is 0.664. The molecular formula is C21H23FN4. The predicted molar refractivity (Wildman–Crippen MR) is 104 cm³/mol. The van der Waals surface area contributed by atoms with Crippen LogP contribution in [0.4, 0.5) is 16.2 Å². The molecule has 1 fully saturated rings. The number of hydrogen-bond acceptors (Lipinski definition) is 4. The van der Waals surface area contributed by atoms with Crippen molar-refractivity contribution in [1.82, 2.24) is 9.97 Å². The summed E-state index contributed by atoms with van der Waals surface area (Å²) >= 11 is 0. The van der Waals surface area contributed by atoms with E-state index in [1.165, 1.54) is 18.9 Å². The first-order valence-corrected chi connectivity index (χ1v) is 9.12. The van der Waals surface area contributed by atoms with Crippen LogP contribution in [0.1, 0.15) is 30.9 Å². The molecule has 4 nitrogen and oxygen atoms in total. The third-order valence-corrected chi connectivity index (χ3v) is 4.97. The van der Waals surface area contributed by atoms with Crippen LogP contribution in [-0.4, -0.2) is 16.0 Å². The van der Waals surface area contributed by atoms with Gasteiger partial charge >= 0.3 is 0 Å². The van der Waals surface area contributed by atoms with Crippen molar-refractivity contribution in [1.29, 1.82) is 0 Å². The lowest BCUT2D eigenvalue weighted by atomic mass is 10.1. The molecule has 3 aromatic rings. The summed E-state index contributed by atoms with van der Waals surface area (Å²) in [5.74, 6) is 2.00. The third kappa shape index (κ3) is 3.62. The first-order chi connectivity index (χ1) is 12.6. The Balaban J connectivity index is 1.58. The second-order valence-electron chi connectivity index (χ2n) is 7.12. The molecule has 0 amide bonds. The lowest BCUT2D eigenvalue weighted by Crippen LogP contribution is -2.19. The van der Waals surface area contributed by atoms with E-state index in [0.717, 1.165) is 28.2 Å². The molecule has 0 unspecified atom stereocenters. The minimum atomic E-state index is -0.184. The largest absolute Gasteiger partial charge is 0.367 e. The van der Waals surface area contributed by atoms with Crippen LogP contribution in [0, 0.1) is 18.7 Å². The zero-order valence-electron chi connectivity index (χ0n) is 15.1. The Kier molecular flexibility index (Phi) is 4.45. The second kappa shape index (κ2) is 6.90. The molecule has 1 heterocycles. The molecule has 5 heteroatoms. The summed E-state index contributed by atoms with van der Waals surface area (Å²) in [6, 6.07) is 13.6. The molecule has 0 radical (unpaired) electrons. The van der Waals surface area contributed by atoms with Gasteiger partial charge in [0.15, 0.2) is 0 Å². The zero-order valence-corrected chi connectivity index (χ0v) is 15.1. The molecule has 2 N–H and O–H groups in total. The third-order valence-electron chi connectivity index (χ3n) is 4.97. The molecule has 26 heavy (non-hydrogen) atoms. The number of benzene rings is 2. The molecule has 4 rings (SSSR count). The van der Waals surface area contributed by atoms with Crippen molar-refractivity contribution in [3.8, 4) is 0 Å². The highest BCUT2D eigenvalue weighted by Gasteiger charge is 2.28. The highest BCUT2D eigenvalue weighted by molar-refractivity contribution is 5.90. The van der Waals surface area contributed by atoms with E-state index in [0.29, 0.717) is 24.1 Å². The lowest BCUT2D eigenvalue weighted by Gasteiger charge is -2.16. The van der Waals surface area contributed by atoms with Crippen LogP contribution in [-0.2, 0) is 6.54 Å². The number of aromatic nitrogens is 2. The van der Waals surface area contributed by atoms with Crippen molar-refractivity contribution in [2.24, 2.45) is 5.92 Å². The Hall–Kier alpha value is -2.69. The van der Waals surface area contributed by atoms with Gasteiger partial charge in [0.2, 0.25) is 5.95 Å². The predicted octanol–water partition coefficient (Wildman–Crippen LogP) is 4.90. The average Bonchev–Trinajstić information content (AvgIpc) is 3.48. The van der Waals surface area contributed by atoms with Crippen LogP contribution < -0.4 is 10.6 Å². The van der Waals surface area contributed by atoms with E-state index >= 15 is 0 Å². The van der Waals surface area contributed by atoms with Gasteiger partial charge in [-0.1, -0.05) is 24.3 Å². The summed E-state index contributed by atoms with van der Waals surface area (Å²) in [6.07, 6.45) is 2.57. The van der Waals surface area contributed by atoms with Crippen molar-refractivity contribution in [2.45, 2.75) is 39.3 Å². The van der Waals surface area contributed by atoms with Crippen molar-refractivity contribution in [2.75, 3.05) is 10.6 Å². The molecule has 1 saturated carbocycles. The fourth-order valence-corrected chi connectivity index (χ4v) is 3.19. The number of anilines is 2. The molecule has 1 atom stereocenters. The Bertz CT molecular complexity index is 936. The van der Waals surface area contributed by atoms with Crippen molar-refractivity contribution in [3.63, 3.8) is 0 Å². The van der Waals surface area contributed by atoms with Gasteiger partial charge in [0.1, 0.15) is 11.6 Å². The molecular weight excluding hydrogens is 327 g/mol. The normalized spacial score (nSPS) is 15.0. The number of hydrogen-bond donors (Lipinski definition) is 2. The minimum absolute atomic E-state index is 0.184. The topological polar surface area (TPSA) is 49.8 Å². The summed E-state index contributed by atoms with van der Waals surface area (Å²) in [6.45, 7) is 4.53. The number of nitrogens with zero attached hydrogens (tertiary/aromatic N) is 2. The molecule has 0 spiro atoms. The number of fused-ring (bicyclic) bond motifs is 1. The van der Waals surface area contributed by atoms with Gasteiger partial charge in [-0.3, -0.25) is 0 Å². The summed E-state index contributed by atoms with van der Waals surface area (Å²) < 4.78 is 13.4. The molecule has 0 bridgehead atoms. The monoisotopic (exact) mass is 350 g/mol. The van der Waals surface area contributed by atoms with Crippen LogP contribution >= 0.6 is 0 Å². The summed E-state index contributed by atoms with van der Waals surface area (Å²) in [5.41, 5.74) is 2.55. The van der Waals surface area contributed by atoms with E-state index in [1.54, 1.807) is 13.0 Å². The highest BCUT2D eigenvalue weighted by Crippen LogP contribution is 2.34. The molecule has 1 aromatic heterocycles. The Morgan fingerprint density at radius 2 is 1.96 bits per heavy atom. The minimum Gasteiger partial charge on any atom is -0.367 e. The second-order valence-corrected chi connectivity index (χ2v) is 7.12. The van der Waals surface area contributed by atoms with E-state index in [9.17, 15) is 4.39 Å². The van der Waals surface area contributed by atoms with Crippen molar-refractivity contribution in [3.05, 3.63) is 59.4 Å². The van der Waals surface area contributed by atoms with Gasteiger partial charge < -0.3 is 10.6 Å². The van der Waals surface area contributed by atoms with E-state index in [4.69, 9.17) is 4.98 Å².